The summed E-state index contributed by atoms with van der Waals surface area (Å²) in [5.41, 5.74) is -0.669. The van der Waals surface area contributed by atoms with Gasteiger partial charge in [-0.2, -0.15) is 0 Å². The molecule has 3 unspecified atom stereocenters. The molecule has 1 fully saturated rings. The maximum Gasteiger partial charge on any atom is 0.408 e. The number of aliphatic carboxylic acids is 1. The Bertz CT molecular complexity index is 540. The Morgan fingerprint density at radius 3 is 2.36 bits per heavy atom. The number of hydrogen-bond acceptors (Lipinski definition) is 5. The molecule has 0 aromatic rings. The van der Waals surface area contributed by atoms with Gasteiger partial charge >= 0.3 is 12.1 Å². The maximum atomic E-state index is 12.4. The summed E-state index contributed by atoms with van der Waals surface area (Å²) >= 11 is 0. The van der Waals surface area contributed by atoms with Crippen molar-refractivity contribution in [1.29, 1.82) is 0 Å². The molecule has 1 aliphatic rings. The summed E-state index contributed by atoms with van der Waals surface area (Å²) in [6.07, 6.45) is 0.301. The molecule has 0 aliphatic carbocycles. The highest BCUT2D eigenvalue weighted by Crippen LogP contribution is 2.21. The van der Waals surface area contributed by atoms with Crippen molar-refractivity contribution in [1.82, 2.24) is 10.2 Å². The van der Waals surface area contributed by atoms with Crippen LogP contribution in [-0.2, 0) is 19.1 Å². The Hall–Kier alpha value is -2.12. The van der Waals surface area contributed by atoms with E-state index >= 15 is 0 Å². The van der Waals surface area contributed by atoms with Gasteiger partial charge in [0.15, 0.2) is 5.78 Å². The van der Waals surface area contributed by atoms with Gasteiger partial charge in [-0.05, 0) is 40.5 Å². The summed E-state index contributed by atoms with van der Waals surface area (Å²) in [5.74, 6) is -2.32. The van der Waals surface area contributed by atoms with Crippen molar-refractivity contribution in [3.05, 3.63) is 0 Å². The Morgan fingerprint density at radius 1 is 1.24 bits per heavy atom. The lowest BCUT2D eigenvalue weighted by molar-refractivity contribution is -0.150. The first-order valence-corrected chi connectivity index (χ1v) is 8.48. The summed E-state index contributed by atoms with van der Waals surface area (Å²) in [5, 5.41) is 11.6. The predicted molar refractivity (Wildman–Crippen MR) is 90.0 cm³/mol. The number of carboxylic acid groups (broad SMARTS) is 1. The first-order valence-electron chi connectivity index (χ1n) is 8.48. The summed E-state index contributed by atoms with van der Waals surface area (Å²) in [7, 11) is 0. The minimum atomic E-state index is -1.02. The van der Waals surface area contributed by atoms with Crippen molar-refractivity contribution in [2.75, 3.05) is 6.54 Å². The van der Waals surface area contributed by atoms with Crippen molar-refractivity contribution >= 4 is 23.8 Å². The molecule has 142 valence electrons. The second-order valence-corrected chi connectivity index (χ2v) is 7.47. The number of alkyl carbamates (subject to hydrolysis) is 1. The highest BCUT2D eigenvalue weighted by Gasteiger charge is 2.36. The number of Topliss-reactive ketones (excluding diaryl/α,β-unsaturated/α-hetero) is 1. The van der Waals surface area contributed by atoms with E-state index in [1.807, 2.05) is 0 Å². The first-order chi connectivity index (χ1) is 11.4. The van der Waals surface area contributed by atoms with Gasteiger partial charge in [-0.1, -0.05) is 6.92 Å². The minimum Gasteiger partial charge on any atom is -0.480 e. The van der Waals surface area contributed by atoms with E-state index in [0.29, 0.717) is 19.4 Å². The molecule has 0 bridgehead atoms. The molecule has 2 amide bonds. The van der Waals surface area contributed by atoms with E-state index in [1.165, 1.54) is 11.8 Å². The number of carbonyl (C=O) groups is 4. The molecule has 1 rings (SSSR count). The van der Waals surface area contributed by atoms with Crippen LogP contribution in [0.3, 0.4) is 0 Å². The van der Waals surface area contributed by atoms with Gasteiger partial charge in [0.1, 0.15) is 11.6 Å². The van der Waals surface area contributed by atoms with Gasteiger partial charge in [0.25, 0.3) is 0 Å². The van der Waals surface area contributed by atoms with Crippen LogP contribution in [0.15, 0.2) is 0 Å². The van der Waals surface area contributed by atoms with Crippen LogP contribution >= 0.6 is 0 Å². The molecule has 0 aromatic carbocycles. The van der Waals surface area contributed by atoms with E-state index in [9.17, 15) is 19.2 Å². The van der Waals surface area contributed by atoms with Crippen molar-refractivity contribution in [3.8, 4) is 0 Å². The van der Waals surface area contributed by atoms with E-state index in [-0.39, 0.29) is 18.1 Å². The molecular weight excluding hydrogens is 328 g/mol. The van der Waals surface area contributed by atoms with Crippen LogP contribution in [-0.4, -0.2) is 58.0 Å². The number of nitrogens with zero attached hydrogens (tertiary/aromatic N) is 1. The maximum absolute atomic E-state index is 12.4. The number of likely N-dealkylation sites (tertiary alicyclic amines) is 1. The van der Waals surface area contributed by atoms with Crippen LogP contribution in [0, 0.1) is 5.92 Å². The zero-order valence-corrected chi connectivity index (χ0v) is 15.5. The molecule has 0 spiro atoms. The minimum absolute atomic E-state index is 0.0708. The number of carbonyl (C=O) groups excluding carboxylic acids is 3. The fraction of sp³-hybridized carbons (Fsp3) is 0.765. The molecule has 1 heterocycles. The Labute approximate surface area is 147 Å². The molecule has 1 aliphatic heterocycles. The first kappa shape index (κ1) is 20.9. The van der Waals surface area contributed by atoms with Crippen molar-refractivity contribution in [3.63, 3.8) is 0 Å². The van der Waals surface area contributed by atoms with E-state index in [1.54, 1.807) is 27.7 Å². The molecule has 8 heteroatoms. The third kappa shape index (κ3) is 6.36. The molecule has 8 nitrogen and oxygen atoms in total. The number of rotatable bonds is 6. The highest BCUT2D eigenvalue weighted by atomic mass is 16.6. The molecule has 25 heavy (non-hydrogen) atoms. The third-order valence-corrected chi connectivity index (χ3v) is 3.97. The normalized spacial score (nSPS) is 19.9. The zero-order chi connectivity index (χ0) is 19.4. The van der Waals surface area contributed by atoms with Gasteiger partial charge in [-0.3, -0.25) is 9.59 Å². The quantitative estimate of drug-likeness (QED) is 0.747. The van der Waals surface area contributed by atoms with Crippen molar-refractivity contribution in [2.24, 2.45) is 5.92 Å². The number of ether oxygens (including phenoxy) is 1. The fourth-order valence-corrected chi connectivity index (χ4v) is 2.70. The Kier molecular flexibility index (Phi) is 6.96. The van der Waals surface area contributed by atoms with Crippen LogP contribution in [0.4, 0.5) is 4.79 Å². The van der Waals surface area contributed by atoms with Gasteiger partial charge in [0, 0.05) is 18.9 Å². The number of nitrogens with one attached hydrogen (secondary N) is 1. The molecule has 3 atom stereocenters. The van der Waals surface area contributed by atoms with E-state index in [2.05, 4.69) is 5.32 Å². The van der Waals surface area contributed by atoms with Gasteiger partial charge in [-0.15, -0.1) is 0 Å². The standard InChI is InChI=1S/C17H28N2O6/c1-10(14(21)19-8-6-7-12(19)15(22)23)9-13(20)11(2)18-16(24)25-17(3,4)5/h10-12H,6-9H2,1-5H3,(H,18,24)(H,22,23). The lowest BCUT2D eigenvalue weighted by Gasteiger charge is -2.25. The summed E-state index contributed by atoms with van der Waals surface area (Å²) < 4.78 is 5.09. The summed E-state index contributed by atoms with van der Waals surface area (Å²) in [6, 6.07) is -1.61. The van der Waals surface area contributed by atoms with E-state index in [0.717, 1.165) is 0 Å². The second kappa shape index (κ2) is 8.31. The second-order valence-electron chi connectivity index (χ2n) is 7.47. The Morgan fingerprint density at radius 2 is 1.84 bits per heavy atom. The molecular formula is C17H28N2O6. The van der Waals surface area contributed by atoms with E-state index in [4.69, 9.17) is 9.84 Å². The van der Waals surface area contributed by atoms with Gasteiger partial charge in [0.05, 0.1) is 6.04 Å². The SMILES string of the molecule is CC(CC(=O)C(C)NC(=O)OC(C)(C)C)C(=O)N1CCCC1C(=O)O. The van der Waals surface area contributed by atoms with Crippen LogP contribution in [0.25, 0.3) is 0 Å². The lowest BCUT2D eigenvalue weighted by atomic mass is 9.99. The molecule has 0 saturated carbocycles. The van der Waals surface area contributed by atoms with Crippen molar-refractivity contribution < 1.29 is 29.0 Å². The average molecular weight is 356 g/mol. The third-order valence-electron chi connectivity index (χ3n) is 3.97. The zero-order valence-electron chi connectivity index (χ0n) is 15.5. The summed E-state index contributed by atoms with van der Waals surface area (Å²) in [4.78, 5) is 48.9. The summed E-state index contributed by atoms with van der Waals surface area (Å²) in [6.45, 7) is 8.66. The van der Waals surface area contributed by atoms with Gasteiger partial charge < -0.3 is 20.1 Å². The van der Waals surface area contributed by atoms with Crippen molar-refractivity contribution in [2.45, 2.75) is 71.6 Å². The smallest absolute Gasteiger partial charge is 0.408 e. The number of amides is 2. The topological polar surface area (TPSA) is 113 Å². The average Bonchev–Trinajstić information content (AvgIpc) is 2.93. The predicted octanol–water partition coefficient (Wildman–Crippen LogP) is 1.57. The molecule has 1 saturated heterocycles. The molecule has 0 radical (unpaired) electrons. The Balaban J connectivity index is 2.56. The molecule has 2 N–H and O–H groups in total. The van der Waals surface area contributed by atoms with Gasteiger partial charge in [-0.25, -0.2) is 9.59 Å². The van der Waals surface area contributed by atoms with Gasteiger partial charge in [0.2, 0.25) is 5.91 Å². The monoisotopic (exact) mass is 356 g/mol. The molecule has 0 aromatic heterocycles. The van der Waals surface area contributed by atoms with Crippen LogP contribution in [0.1, 0.15) is 53.9 Å². The fourth-order valence-electron chi connectivity index (χ4n) is 2.70. The number of ketones is 1. The largest absolute Gasteiger partial charge is 0.480 e. The lowest BCUT2D eigenvalue weighted by Crippen LogP contribution is -2.45. The highest BCUT2D eigenvalue weighted by molar-refractivity contribution is 5.92. The van der Waals surface area contributed by atoms with Crippen LogP contribution in [0.2, 0.25) is 0 Å². The van der Waals surface area contributed by atoms with E-state index < -0.39 is 35.7 Å². The number of hydrogen-bond donors (Lipinski definition) is 2. The van der Waals surface area contributed by atoms with Crippen LogP contribution in [0.5, 0.6) is 0 Å². The number of carboxylic acids is 1. The van der Waals surface area contributed by atoms with Crippen LogP contribution < -0.4 is 5.32 Å².